The van der Waals surface area contributed by atoms with Gasteiger partial charge in [-0.1, -0.05) is 13.8 Å². The predicted molar refractivity (Wildman–Crippen MR) is 63.8 cm³/mol. The molecule has 0 aromatic carbocycles. The van der Waals surface area contributed by atoms with Gasteiger partial charge in [-0.3, -0.25) is 0 Å². The molecule has 1 unspecified atom stereocenters. The van der Waals surface area contributed by atoms with Crippen molar-refractivity contribution in [1.29, 1.82) is 0 Å². The quantitative estimate of drug-likeness (QED) is 0.796. The van der Waals surface area contributed by atoms with E-state index in [9.17, 15) is 0 Å². The predicted octanol–water partition coefficient (Wildman–Crippen LogP) is 2.43. The van der Waals surface area contributed by atoms with Gasteiger partial charge in [0.15, 0.2) is 0 Å². The second kappa shape index (κ2) is 3.40. The second-order valence-corrected chi connectivity index (χ2v) is 5.20. The zero-order chi connectivity index (χ0) is 11.1. The minimum Gasteiger partial charge on any atom is -0.397 e. The molecule has 3 heteroatoms. The molecule has 1 saturated carbocycles. The number of nitrogens with zero attached hydrogens (tertiary/aromatic N) is 1. The molecule has 3 nitrogen and oxygen atoms in total. The fraction of sp³-hybridized carbons (Fsp3) is 0.583. The maximum Gasteiger partial charge on any atom is 0.129 e. The number of anilines is 2. The summed E-state index contributed by atoms with van der Waals surface area (Å²) in [6.45, 7) is 7.67. The Labute approximate surface area is 91.1 Å². The standard InChI is InChI=1S/C12H19N3/c1-8-4-10(13)7-15-11(8)14-6-9-5-12(9,2)3/h4,7,9H,5-6,13H2,1-3H3,(H,14,15). The van der Waals surface area contributed by atoms with Gasteiger partial charge in [-0.2, -0.15) is 0 Å². The van der Waals surface area contributed by atoms with Crippen LogP contribution in [0.25, 0.3) is 0 Å². The average molecular weight is 205 g/mol. The van der Waals surface area contributed by atoms with Gasteiger partial charge in [0.05, 0.1) is 11.9 Å². The van der Waals surface area contributed by atoms with Crippen molar-refractivity contribution in [1.82, 2.24) is 4.98 Å². The summed E-state index contributed by atoms with van der Waals surface area (Å²) in [5.74, 6) is 1.75. The van der Waals surface area contributed by atoms with E-state index in [2.05, 4.69) is 24.1 Å². The zero-order valence-corrected chi connectivity index (χ0v) is 9.67. The molecule has 0 saturated heterocycles. The lowest BCUT2D eigenvalue weighted by Crippen LogP contribution is -2.09. The monoisotopic (exact) mass is 205 g/mol. The van der Waals surface area contributed by atoms with Crippen molar-refractivity contribution in [2.24, 2.45) is 11.3 Å². The summed E-state index contributed by atoms with van der Waals surface area (Å²) in [5, 5.41) is 3.39. The van der Waals surface area contributed by atoms with E-state index in [1.165, 1.54) is 6.42 Å². The van der Waals surface area contributed by atoms with E-state index < -0.39 is 0 Å². The lowest BCUT2D eigenvalue weighted by atomic mass is 10.1. The first-order valence-electron chi connectivity index (χ1n) is 5.45. The lowest BCUT2D eigenvalue weighted by molar-refractivity contribution is 0.573. The third kappa shape index (κ3) is 2.22. The van der Waals surface area contributed by atoms with Crippen LogP contribution in [0.5, 0.6) is 0 Å². The minimum atomic E-state index is 0.523. The van der Waals surface area contributed by atoms with Crippen LogP contribution >= 0.6 is 0 Å². The molecule has 2 rings (SSSR count). The lowest BCUT2D eigenvalue weighted by Gasteiger charge is -2.09. The van der Waals surface area contributed by atoms with Crippen molar-refractivity contribution in [2.75, 3.05) is 17.6 Å². The minimum absolute atomic E-state index is 0.523. The fourth-order valence-electron chi connectivity index (χ4n) is 1.93. The van der Waals surface area contributed by atoms with Gasteiger partial charge in [0.1, 0.15) is 5.82 Å². The molecule has 1 aliphatic rings. The highest BCUT2D eigenvalue weighted by molar-refractivity contribution is 5.50. The number of rotatable bonds is 3. The SMILES string of the molecule is Cc1cc(N)cnc1NCC1CC1(C)C. The van der Waals surface area contributed by atoms with E-state index in [0.717, 1.165) is 29.5 Å². The summed E-state index contributed by atoms with van der Waals surface area (Å²) in [5.41, 5.74) is 8.02. The van der Waals surface area contributed by atoms with Crippen LogP contribution in [0.2, 0.25) is 0 Å². The Balaban J connectivity index is 1.94. The van der Waals surface area contributed by atoms with E-state index in [1.807, 2.05) is 13.0 Å². The summed E-state index contributed by atoms with van der Waals surface area (Å²) >= 11 is 0. The first kappa shape index (κ1) is 10.3. The van der Waals surface area contributed by atoms with E-state index >= 15 is 0 Å². The van der Waals surface area contributed by atoms with Gasteiger partial charge in [0.25, 0.3) is 0 Å². The third-order valence-electron chi connectivity index (χ3n) is 3.33. The van der Waals surface area contributed by atoms with Crippen molar-refractivity contribution >= 4 is 11.5 Å². The van der Waals surface area contributed by atoms with Crippen LogP contribution in [0, 0.1) is 18.3 Å². The van der Waals surface area contributed by atoms with Crippen molar-refractivity contribution < 1.29 is 0 Å². The molecule has 0 bridgehead atoms. The van der Waals surface area contributed by atoms with E-state index in [1.54, 1.807) is 6.20 Å². The molecule has 0 aliphatic heterocycles. The molecule has 82 valence electrons. The van der Waals surface area contributed by atoms with Gasteiger partial charge in [0, 0.05) is 6.54 Å². The Bertz CT molecular complexity index is 371. The Morgan fingerprint density at radius 3 is 2.80 bits per heavy atom. The molecule has 1 aromatic heterocycles. The molecule has 1 aliphatic carbocycles. The second-order valence-electron chi connectivity index (χ2n) is 5.20. The summed E-state index contributed by atoms with van der Waals surface area (Å²) in [6.07, 6.45) is 3.02. The van der Waals surface area contributed by atoms with Crippen LogP contribution < -0.4 is 11.1 Å². The number of hydrogen-bond donors (Lipinski definition) is 2. The van der Waals surface area contributed by atoms with Crippen molar-refractivity contribution in [3.8, 4) is 0 Å². The molecular formula is C12H19N3. The summed E-state index contributed by atoms with van der Waals surface area (Å²) in [7, 11) is 0. The maximum absolute atomic E-state index is 5.65. The number of hydrogen-bond acceptors (Lipinski definition) is 3. The third-order valence-corrected chi connectivity index (χ3v) is 3.33. The largest absolute Gasteiger partial charge is 0.397 e. The highest BCUT2D eigenvalue weighted by Crippen LogP contribution is 2.51. The van der Waals surface area contributed by atoms with Crippen molar-refractivity contribution in [2.45, 2.75) is 27.2 Å². The Kier molecular flexibility index (Phi) is 2.33. The first-order chi connectivity index (χ1) is 6.99. The maximum atomic E-state index is 5.65. The summed E-state index contributed by atoms with van der Waals surface area (Å²) < 4.78 is 0. The van der Waals surface area contributed by atoms with Gasteiger partial charge in [-0.25, -0.2) is 4.98 Å². The smallest absolute Gasteiger partial charge is 0.129 e. The highest BCUT2D eigenvalue weighted by Gasteiger charge is 2.44. The summed E-state index contributed by atoms with van der Waals surface area (Å²) in [6, 6.07) is 1.95. The average Bonchev–Trinajstić information content (AvgIpc) is 2.73. The Morgan fingerprint density at radius 1 is 1.60 bits per heavy atom. The Morgan fingerprint density at radius 2 is 2.27 bits per heavy atom. The number of aryl methyl sites for hydroxylation is 1. The van der Waals surface area contributed by atoms with Crippen molar-refractivity contribution in [3.63, 3.8) is 0 Å². The Hall–Kier alpha value is -1.25. The van der Waals surface area contributed by atoms with Gasteiger partial charge in [-0.05, 0) is 36.3 Å². The number of pyridine rings is 1. The number of nitrogen functional groups attached to an aromatic ring is 1. The van der Waals surface area contributed by atoms with Crippen LogP contribution in [0.3, 0.4) is 0 Å². The van der Waals surface area contributed by atoms with Crippen LogP contribution in [0.1, 0.15) is 25.8 Å². The molecule has 1 aromatic rings. The molecule has 0 amide bonds. The zero-order valence-electron chi connectivity index (χ0n) is 9.67. The molecular weight excluding hydrogens is 186 g/mol. The van der Waals surface area contributed by atoms with Crippen LogP contribution in [-0.2, 0) is 0 Å². The van der Waals surface area contributed by atoms with Crippen LogP contribution in [-0.4, -0.2) is 11.5 Å². The van der Waals surface area contributed by atoms with Crippen molar-refractivity contribution in [3.05, 3.63) is 17.8 Å². The van der Waals surface area contributed by atoms with Gasteiger partial charge in [-0.15, -0.1) is 0 Å². The molecule has 3 N–H and O–H groups in total. The first-order valence-corrected chi connectivity index (χ1v) is 5.45. The molecule has 1 heterocycles. The number of aromatic nitrogens is 1. The molecule has 0 spiro atoms. The van der Waals surface area contributed by atoms with E-state index in [-0.39, 0.29) is 0 Å². The molecule has 0 radical (unpaired) electrons. The van der Waals surface area contributed by atoms with Gasteiger partial charge in [0.2, 0.25) is 0 Å². The number of nitrogens with two attached hydrogens (primary N) is 1. The summed E-state index contributed by atoms with van der Waals surface area (Å²) in [4.78, 5) is 4.29. The molecule has 1 fully saturated rings. The molecule has 15 heavy (non-hydrogen) atoms. The van der Waals surface area contributed by atoms with Crippen LogP contribution in [0.15, 0.2) is 12.3 Å². The van der Waals surface area contributed by atoms with E-state index in [4.69, 9.17) is 5.73 Å². The topological polar surface area (TPSA) is 50.9 Å². The molecule has 1 atom stereocenters. The van der Waals surface area contributed by atoms with Crippen LogP contribution in [0.4, 0.5) is 11.5 Å². The van der Waals surface area contributed by atoms with Gasteiger partial charge < -0.3 is 11.1 Å². The van der Waals surface area contributed by atoms with Gasteiger partial charge >= 0.3 is 0 Å². The highest BCUT2D eigenvalue weighted by atomic mass is 15.0. The number of nitrogens with one attached hydrogen (secondary N) is 1. The normalized spacial score (nSPS) is 22.5. The fourth-order valence-corrected chi connectivity index (χ4v) is 1.93. The van der Waals surface area contributed by atoms with E-state index in [0.29, 0.717) is 5.41 Å².